The van der Waals surface area contributed by atoms with E-state index in [9.17, 15) is 0 Å². The minimum Gasteiger partial charge on any atom is -0.493 e. The van der Waals surface area contributed by atoms with Crippen molar-refractivity contribution in [1.29, 1.82) is 0 Å². The van der Waals surface area contributed by atoms with Crippen molar-refractivity contribution in [2.45, 2.75) is 0 Å². The van der Waals surface area contributed by atoms with Crippen LogP contribution in [0.25, 0.3) is 0 Å². The molecule has 0 fully saturated rings. The first-order valence-corrected chi connectivity index (χ1v) is 9.29. The number of nitrogens with zero attached hydrogens (tertiary/aromatic N) is 1. The summed E-state index contributed by atoms with van der Waals surface area (Å²) in [6.45, 7) is 0.166. The maximum Gasteiger partial charge on any atom is 0.176 e. The van der Waals surface area contributed by atoms with Gasteiger partial charge in [0.2, 0.25) is 0 Å². The van der Waals surface area contributed by atoms with Gasteiger partial charge in [-0.2, -0.15) is 0 Å². The third kappa shape index (κ3) is 5.15. The van der Waals surface area contributed by atoms with Gasteiger partial charge >= 0.3 is 0 Å². The molecule has 3 aromatic rings. The lowest BCUT2D eigenvalue weighted by atomic mass is 10.2. The highest BCUT2D eigenvalue weighted by molar-refractivity contribution is 9.10. The fraction of sp³-hybridized carbons (Fsp3) is 0.0870. The van der Waals surface area contributed by atoms with Crippen LogP contribution in [0.2, 0.25) is 0 Å². The molecule has 0 amide bonds. The predicted octanol–water partition coefficient (Wildman–Crippen LogP) is 6.01. The highest BCUT2D eigenvalue weighted by atomic mass is 79.9. The van der Waals surface area contributed by atoms with Crippen LogP contribution in [0.1, 0.15) is 5.56 Å². The van der Waals surface area contributed by atoms with E-state index in [1.807, 2.05) is 66.7 Å². The van der Waals surface area contributed by atoms with Gasteiger partial charge < -0.3 is 14.2 Å². The van der Waals surface area contributed by atoms with E-state index >= 15 is 0 Å². The monoisotopic (exact) mass is 435 g/mol. The molecule has 28 heavy (non-hydrogen) atoms. The lowest BCUT2D eigenvalue weighted by molar-refractivity contribution is 0.329. The van der Waals surface area contributed by atoms with Crippen molar-refractivity contribution in [1.82, 2.24) is 0 Å². The van der Waals surface area contributed by atoms with E-state index in [1.165, 1.54) is 0 Å². The van der Waals surface area contributed by atoms with Gasteiger partial charge in [-0.05, 0) is 70.0 Å². The van der Waals surface area contributed by atoms with Crippen LogP contribution in [-0.2, 0) is 0 Å². The van der Waals surface area contributed by atoms with Gasteiger partial charge in [0.25, 0.3) is 0 Å². The second kappa shape index (κ2) is 9.63. The fourth-order valence-electron chi connectivity index (χ4n) is 2.44. The number of para-hydroxylation sites is 1. The topological polar surface area (TPSA) is 40.0 Å². The van der Waals surface area contributed by atoms with Crippen molar-refractivity contribution in [3.05, 3.63) is 76.8 Å². The summed E-state index contributed by atoms with van der Waals surface area (Å²) < 4.78 is 17.4. The van der Waals surface area contributed by atoms with E-state index in [0.29, 0.717) is 11.5 Å². The van der Waals surface area contributed by atoms with E-state index in [0.717, 1.165) is 27.2 Å². The molecular formula is C23H18BrNO3. The summed E-state index contributed by atoms with van der Waals surface area (Å²) in [5.74, 6) is 5.14. The Bertz CT molecular complexity index is 993. The Hall–Kier alpha value is -3.23. The average molecular weight is 436 g/mol. The largest absolute Gasteiger partial charge is 0.493 e. The number of halogens is 1. The van der Waals surface area contributed by atoms with Gasteiger partial charge in [0.15, 0.2) is 11.5 Å². The van der Waals surface area contributed by atoms with Crippen LogP contribution in [0, 0.1) is 12.3 Å². The molecule has 5 heteroatoms. The van der Waals surface area contributed by atoms with Gasteiger partial charge in [-0.25, -0.2) is 0 Å². The molecule has 0 radical (unpaired) electrons. The first-order valence-electron chi connectivity index (χ1n) is 8.50. The lowest BCUT2D eigenvalue weighted by Crippen LogP contribution is -1.98. The van der Waals surface area contributed by atoms with Crippen molar-refractivity contribution < 1.29 is 14.2 Å². The number of hydrogen-bond acceptors (Lipinski definition) is 4. The van der Waals surface area contributed by atoms with E-state index in [2.05, 4.69) is 26.8 Å². The van der Waals surface area contributed by atoms with Gasteiger partial charge in [0, 0.05) is 6.21 Å². The molecule has 0 aliphatic carbocycles. The SMILES string of the molecule is C#CCOc1c(Br)cc(C=Nc2ccc(Oc3ccccc3)cc2)cc1OC. The van der Waals surface area contributed by atoms with Crippen molar-refractivity contribution in [2.24, 2.45) is 4.99 Å². The van der Waals surface area contributed by atoms with E-state index in [4.69, 9.17) is 20.6 Å². The summed E-state index contributed by atoms with van der Waals surface area (Å²) in [5, 5.41) is 0. The Balaban J connectivity index is 1.73. The minimum absolute atomic E-state index is 0.166. The van der Waals surface area contributed by atoms with Gasteiger partial charge in [0.05, 0.1) is 17.3 Å². The van der Waals surface area contributed by atoms with Crippen molar-refractivity contribution in [3.63, 3.8) is 0 Å². The molecule has 140 valence electrons. The molecule has 0 aromatic heterocycles. The average Bonchev–Trinajstić information content (AvgIpc) is 2.73. The summed E-state index contributed by atoms with van der Waals surface area (Å²) in [6, 6.07) is 20.9. The molecule has 0 unspecified atom stereocenters. The van der Waals surface area contributed by atoms with Crippen LogP contribution in [0.15, 0.2) is 76.2 Å². The molecule has 0 N–H and O–H groups in total. The number of aliphatic imine (C=N–C) groups is 1. The summed E-state index contributed by atoms with van der Waals surface area (Å²) >= 11 is 3.48. The number of methoxy groups -OCH3 is 1. The van der Waals surface area contributed by atoms with Crippen LogP contribution in [-0.4, -0.2) is 19.9 Å². The molecule has 0 bridgehead atoms. The van der Waals surface area contributed by atoms with E-state index in [1.54, 1.807) is 13.3 Å². The Kier molecular flexibility index (Phi) is 6.72. The molecule has 0 aliphatic heterocycles. The summed E-state index contributed by atoms with van der Waals surface area (Å²) in [4.78, 5) is 4.50. The van der Waals surface area contributed by atoms with Gasteiger partial charge in [-0.3, -0.25) is 4.99 Å². The molecule has 0 spiro atoms. The third-order valence-electron chi connectivity index (χ3n) is 3.73. The highest BCUT2D eigenvalue weighted by Crippen LogP contribution is 2.36. The van der Waals surface area contributed by atoms with Crippen molar-refractivity contribution in [3.8, 4) is 35.3 Å². The third-order valence-corrected chi connectivity index (χ3v) is 4.32. The predicted molar refractivity (Wildman–Crippen MR) is 115 cm³/mol. The quantitative estimate of drug-likeness (QED) is 0.336. The first kappa shape index (κ1) is 19.5. The van der Waals surface area contributed by atoms with Crippen molar-refractivity contribution in [2.75, 3.05) is 13.7 Å². The molecule has 0 heterocycles. The summed E-state index contributed by atoms with van der Waals surface area (Å²) in [5.41, 5.74) is 1.67. The summed E-state index contributed by atoms with van der Waals surface area (Å²) in [6.07, 6.45) is 7.01. The number of ether oxygens (including phenoxy) is 3. The van der Waals surface area contributed by atoms with Gasteiger partial charge in [-0.1, -0.05) is 24.1 Å². The Morgan fingerprint density at radius 1 is 1.04 bits per heavy atom. The Labute approximate surface area is 172 Å². The molecule has 3 rings (SSSR count). The molecule has 0 saturated heterocycles. The number of benzene rings is 3. The zero-order chi connectivity index (χ0) is 19.8. The second-order valence-corrected chi connectivity index (χ2v) is 6.55. The lowest BCUT2D eigenvalue weighted by Gasteiger charge is -2.11. The molecule has 0 saturated carbocycles. The van der Waals surface area contributed by atoms with Crippen LogP contribution in [0.5, 0.6) is 23.0 Å². The maximum atomic E-state index is 5.78. The zero-order valence-corrected chi connectivity index (χ0v) is 16.8. The standard InChI is InChI=1S/C23H18BrNO3/c1-3-13-27-23-21(24)14-17(15-22(23)26-2)16-25-18-9-11-20(12-10-18)28-19-7-5-4-6-8-19/h1,4-12,14-16H,13H2,2H3. The molecular weight excluding hydrogens is 418 g/mol. The van der Waals surface area contributed by atoms with Crippen molar-refractivity contribution >= 4 is 27.8 Å². The smallest absolute Gasteiger partial charge is 0.176 e. The molecule has 3 aromatic carbocycles. The maximum absolute atomic E-state index is 5.78. The highest BCUT2D eigenvalue weighted by Gasteiger charge is 2.10. The van der Waals surface area contributed by atoms with Crippen LogP contribution in [0.3, 0.4) is 0 Å². The molecule has 4 nitrogen and oxygen atoms in total. The van der Waals surface area contributed by atoms with Gasteiger partial charge in [0.1, 0.15) is 18.1 Å². The van der Waals surface area contributed by atoms with Crippen LogP contribution < -0.4 is 14.2 Å². The Morgan fingerprint density at radius 3 is 2.43 bits per heavy atom. The normalized spacial score (nSPS) is 10.5. The fourth-order valence-corrected chi connectivity index (χ4v) is 3.02. The first-order chi connectivity index (χ1) is 13.7. The van der Waals surface area contributed by atoms with E-state index in [-0.39, 0.29) is 6.61 Å². The number of hydrogen-bond donors (Lipinski definition) is 0. The molecule has 0 atom stereocenters. The second-order valence-electron chi connectivity index (χ2n) is 5.69. The minimum atomic E-state index is 0.166. The van der Waals surface area contributed by atoms with Crippen LogP contribution >= 0.6 is 15.9 Å². The number of rotatable bonds is 7. The Morgan fingerprint density at radius 2 is 1.75 bits per heavy atom. The molecule has 0 aliphatic rings. The summed E-state index contributed by atoms with van der Waals surface area (Å²) in [7, 11) is 1.58. The van der Waals surface area contributed by atoms with Crippen LogP contribution in [0.4, 0.5) is 5.69 Å². The van der Waals surface area contributed by atoms with E-state index < -0.39 is 0 Å². The number of terminal acetylenes is 1. The van der Waals surface area contributed by atoms with Gasteiger partial charge in [-0.15, -0.1) is 6.42 Å². The zero-order valence-electron chi connectivity index (χ0n) is 15.3.